The minimum Gasteiger partial charge on any atom is -0.497 e. The van der Waals surface area contributed by atoms with Crippen LogP contribution in [0, 0.1) is 0 Å². The number of amides is 1. The summed E-state index contributed by atoms with van der Waals surface area (Å²) in [5.74, 6) is -0.0778. The Kier molecular flexibility index (Phi) is 2.27. The summed E-state index contributed by atoms with van der Waals surface area (Å²) in [5.41, 5.74) is -1.79. The maximum atomic E-state index is 13.3. The van der Waals surface area contributed by atoms with Gasteiger partial charge in [0.2, 0.25) is 11.6 Å². The summed E-state index contributed by atoms with van der Waals surface area (Å²) in [6.07, 6.45) is -4.93. The largest absolute Gasteiger partial charge is 0.497 e. The maximum Gasteiger partial charge on any atom is 0.430 e. The fraction of sp³-hybridized carbons (Fsp3) is 0.417. The molecule has 2 heterocycles. The van der Waals surface area contributed by atoms with Crippen LogP contribution in [0.3, 0.4) is 0 Å². The fourth-order valence-electron chi connectivity index (χ4n) is 2.68. The van der Waals surface area contributed by atoms with Crippen LogP contribution in [-0.4, -0.2) is 24.9 Å². The number of anilines is 2. The normalized spacial score (nSPS) is 25.1. The molecule has 1 aromatic rings. The summed E-state index contributed by atoms with van der Waals surface area (Å²) < 4.78 is 45.0. The van der Waals surface area contributed by atoms with Crippen molar-refractivity contribution in [1.82, 2.24) is 0 Å². The van der Waals surface area contributed by atoms with E-state index in [0.717, 1.165) is 4.90 Å². The first-order valence-electron chi connectivity index (χ1n) is 5.75. The number of fused-ring (bicyclic) bond motifs is 3. The van der Waals surface area contributed by atoms with E-state index >= 15 is 0 Å². The van der Waals surface area contributed by atoms with Crippen LogP contribution in [-0.2, 0) is 4.79 Å². The fourth-order valence-corrected chi connectivity index (χ4v) is 2.68. The number of hydrogen-bond donors (Lipinski definition) is 1. The van der Waals surface area contributed by atoms with Gasteiger partial charge in [-0.25, -0.2) is 0 Å². The van der Waals surface area contributed by atoms with Gasteiger partial charge in [-0.3, -0.25) is 9.69 Å². The third-order valence-corrected chi connectivity index (χ3v) is 3.59. The lowest BCUT2D eigenvalue weighted by Gasteiger charge is -2.34. The van der Waals surface area contributed by atoms with Gasteiger partial charge in [-0.1, -0.05) is 0 Å². The Morgan fingerprint density at radius 1 is 1.42 bits per heavy atom. The van der Waals surface area contributed by atoms with E-state index in [4.69, 9.17) is 4.74 Å². The van der Waals surface area contributed by atoms with E-state index in [0.29, 0.717) is 5.75 Å². The van der Waals surface area contributed by atoms with E-state index in [1.807, 2.05) is 0 Å². The molecule has 0 saturated carbocycles. The molecule has 1 saturated heterocycles. The Labute approximate surface area is 107 Å². The summed E-state index contributed by atoms with van der Waals surface area (Å²) in [6.45, 7) is 0. The van der Waals surface area contributed by atoms with E-state index in [1.165, 1.54) is 19.2 Å². The molecule has 2 aliphatic rings. The molecule has 0 spiro atoms. The molecule has 19 heavy (non-hydrogen) atoms. The summed E-state index contributed by atoms with van der Waals surface area (Å²) in [5, 5.41) is 2.46. The molecule has 1 aromatic carbocycles. The highest BCUT2D eigenvalue weighted by Gasteiger charge is 2.66. The molecular weight excluding hydrogens is 261 g/mol. The van der Waals surface area contributed by atoms with Crippen LogP contribution in [0.4, 0.5) is 24.5 Å². The number of halogens is 3. The lowest BCUT2D eigenvalue weighted by atomic mass is 10.1. The molecule has 4 nitrogen and oxygen atoms in total. The van der Waals surface area contributed by atoms with Crippen molar-refractivity contribution >= 4 is 17.3 Å². The number of rotatable bonds is 1. The van der Waals surface area contributed by atoms with E-state index in [-0.39, 0.29) is 24.2 Å². The van der Waals surface area contributed by atoms with Crippen molar-refractivity contribution in [3.8, 4) is 5.75 Å². The van der Waals surface area contributed by atoms with Crippen molar-refractivity contribution in [2.45, 2.75) is 24.7 Å². The SMILES string of the molecule is COc1ccc2c(c1)N[C@@]1(C(F)(F)F)CCC(=O)N21. The molecule has 0 aromatic heterocycles. The van der Waals surface area contributed by atoms with Crippen LogP contribution in [0.25, 0.3) is 0 Å². The minimum atomic E-state index is -4.54. The van der Waals surface area contributed by atoms with Gasteiger partial charge in [0.15, 0.2) is 0 Å². The highest BCUT2D eigenvalue weighted by molar-refractivity contribution is 6.04. The number of nitrogens with one attached hydrogen (secondary N) is 1. The molecule has 0 bridgehead atoms. The van der Waals surface area contributed by atoms with Gasteiger partial charge >= 0.3 is 6.18 Å². The highest BCUT2D eigenvalue weighted by atomic mass is 19.4. The summed E-state index contributed by atoms with van der Waals surface area (Å²) in [4.78, 5) is 12.6. The molecule has 0 aliphatic carbocycles. The van der Waals surface area contributed by atoms with E-state index in [1.54, 1.807) is 6.07 Å². The molecule has 1 amide bonds. The quantitative estimate of drug-likeness (QED) is 0.854. The van der Waals surface area contributed by atoms with Gasteiger partial charge in [0.1, 0.15) is 5.75 Å². The van der Waals surface area contributed by atoms with Gasteiger partial charge in [0, 0.05) is 18.9 Å². The van der Waals surface area contributed by atoms with Crippen LogP contribution < -0.4 is 15.0 Å². The Hall–Kier alpha value is -1.92. The summed E-state index contributed by atoms with van der Waals surface area (Å²) in [6, 6.07) is 4.48. The first-order chi connectivity index (χ1) is 8.89. The van der Waals surface area contributed by atoms with Crippen LogP contribution in [0.2, 0.25) is 0 Å². The minimum absolute atomic E-state index is 0.113. The first-order valence-corrected chi connectivity index (χ1v) is 5.75. The number of carbonyl (C=O) groups is 1. The van der Waals surface area contributed by atoms with Crippen LogP contribution >= 0.6 is 0 Å². The second-order valence-corrected chi connectivity index (χ2v) is 4.60. The topological polar surface area (TPSA) is 41.6 Å². The van der Waals surface area contributed by atoms with Gasteiger partial charge in [0.25, 0.3) is 0 Å². The van der Waals surface area contributed by atoms with E-state index in [2.05, 4.69) is 5.32 Å². The maximum absolute atomic E-state index is 13.3. The highest BCUT2D eigenvalue weighted by Crippen LogP contribution is 2.53. The molecule has 1 atom stereocenters. The Bertz CT molecular complexity index is 558. The van der Waals surface area contributed by atoms with Crippen molar-refractivity contribution in [3.05, 3.63) is 18.2 Å². The molecule has 1 N–H and O–H groups in total. The number of hydrogen-bond acceptors (Lipinski definition) is 3. The van der Waals surface area contributed by atoms with Crippen molar-refractivity contribution < 1.29 is 22.7 Å². The van der Waals surface area contributed by atoms with Crippen LogP contribution in [0.1, 0.15) is 12.8 Å². The van der Waals surface area contributed by atoms with E-state index < -0.39 is 17.7 Å². The molecule has 2 aliphatic heterocycles. The number of carbonyl (C=O) groups excluding carboxylic acids is 1. The second kappa shape index (κ2) is 3.55. The van der Waals surface area contributed by atoms with Crippen LogP contribution in [0.5, 0.6) is 5.75 Å². The number of nitrogens with zero attached hydrogens (tertiary/aromatic N) is 1. The Morgan fingerprint density at radius 3 is 2.79 bits per heavy atom. The smallest absolute Gasteiger partial charge is 0.430 e. The Balaban J connectivity index is 2.14. The molecule has 3 rings (SSSR count). The van der Waals surface area contributed by atoms with Gasteiger partial charge < -0.3 is 10.1 Å². The molecular formula is C12H11F3N2O2. The lowest BCUT2D eigenvalue weighted by Crippen LogP contribution is -2.58. The average molecular weight is 272 g/mol. The molecule has 1 fully saturated rings. The number of benzene rings is 1. The van der Waals surface area contributed by atoms with Gasteiger partial charge in [-0.2, -0.15) is 13.2 Å². The summed E-state index contributed by atoms with van der Waals surface area (Å²) in [7, 11) is 1.43. The third kappa shape index (κ3) is 1.44. The van der Waals surface area contributed by atoms with Crippen LogP contribution in [0.15, 0.2) is 18.2 Å². The lowest BCUT2D eigenvalue weighted by molar-refractivity contribution is -0.175. The first kappa shape index (κ1) is 12.1. The monoisotopic (exact) mass is 272 g/mol. The number of methoxy groups -OCH3 is 1. The predicted octanol–water partition coefficient (Wildman–Crippen LogP) is 2.51. The van der Waals surface area contributed by atoms with Gasteiger partial charge in [0.05, 0.1) is 18.5 Å². The molecule has 0 unspecified atom stereocenters. The van der Waals surface area contributed by atoms with Crippen molar-refractivity contribution in [1.29, 1.82) is 0 Å². The Morgan fingerprint density at radius 2 is 2.16 bits per heavy atom. The van der Waals surface area contributed by atoms with Crippen molar-refractivity contribution in [2.75, 3.05) is 17.3 Å². The van der Waals surface area contributed by atoms with Crippen molar-refractivity contribution in [2.24, 2.45) is 0 Å². The number of ether oxygens (including phenoxy) is 1. The zero-order valence-corrected chi connectivity index (χ0v) is 10.0. The van der Waals surface area contributed by atoms with Gasteiger partial charge in [-0.15, -0.1) is 0 Å². The molecule has 102 valence electrons. The average Bonchev–Trinajstić information content (AvgIpc) is 2.84. The molecule has 7 heteroatoms. The zero-order valence-electron chi connectivity index (χ0n) is 10.0. The third-order valence-electron chi connectivity index (χ3n) is 3.59. The standard InChI is InChI=1S/C12H11F3N2O2/c1-19-7-2-3-9-8(6-7)16-11(12(13,14)15)5-4-10(18)17(9)11/h2-3,6,16H,4-5H2,1H3/t11-/m0/s1. The zero-order chi connectivity index (χ0) is 13.8. The van der Waals surface area contributed by atoms with E-state index in [9.17, 15) is 18.0 Å². The number of alkyl halides is 3. The summed E-state index contributed by atoms with van der Waals surface area (Å²) >= 11 is 0. The van der Waals surface area contributed by atoms with Crippen molar-refractivity contribution in [3.63, 3.8) is 0 Å². The second-order valence-electron chi connectivity index (χ2n) is 4.60. The van der Waals surface area contributed by atoms with Gasteiger partial charge in [-0.05, 0) is 12.1 Å². The molecule has 0 radical (unpaired) electrons. The predicted molar refractivity (Wildman–Crippen MR) is 62.1 cm³/mol.